The maximum absolute atomic E-state index is 3.89. The molecule has 1 heterocycles. The van der Waals surface area contributed by atoms with Crippen molar-refractivity contribution in [2.75, 3.05) is 13.1 Å². The Morgan fingerprint density at radius 1 is 1.46 bits per heavy atom. The molecule has 1 aromatic rings. The number of nitrogens with zero attached hydrogens (tertiary/aromatic N) is 3. The highest BCUT2D eigenvalue weighted by Gasteiger charge is 2.15. The Bertz CT molecular complexity index is 228. The Labute approximate surface area is 78.3 Å². The van der Waals surface area contributed by atoms with Crippen molar-refractivity contribution >= 4 is 0 Å². The lowest BCUT2D eigenvalue weighted by molar-refractivity contribution is 0.299. The number of hydrogen-bond acceptors (Lipinski definition) is 3. The van der Waals surface area contributed by atoms with E-state index in [1.807, 2.05) is 10.9 Å². The summed E-state index contributed by atoms with van der Waals surface area (Å²) >= 11 is 0. The van der Waals surface area contributed by atoms with Crippen LogP contribution in [-0.4, -0.2) is 28.1 Å². The minimum Gasteiger partial charge on any atom is -0.315 e. The average Bonchev–Trinajstić information content (AvgIpc) is 2.53. The van der Waals surface area contributed by atoms with Crippen molar-refractivity contribution in [1.29, 1.82) is 0 Å². The van der Waals surface area contributed by atoms with E-state index >= 15 is 0 Å². The highest BCUT2D eigenvalue weighted by Crippen LogP contribution is 2.24. The van der Waals surface area contributed by atoms with Crippen molar-refractivity contribution in [2.24, 2.45) is 5.92 Å². The third-order valence-corrected chi connectivity index (χ3v) is 2.65. The van der Waals surface area contributed by atoms with E-state index in [1.54, 1.807) is 6.20 Å². The van der Waals surface area contributed by atoms with Gasteiger partial charge in [0.2, 0.25) is 0 Å². The second-order valence-electron chi connectivity index (χ2n) is 3.67. The van der Waals surface area contributed by atoms with Crippen LogP contribution < -0.4 is 5.32 Å². The molecule has 1 aliphatic carbocycles. The SMILES string of the molecule is c1cn(CCNCC2CCC2)nn1. The molecule has 1 saturated carbocycles. The van der Waals surface area contributed by atoms with Crippen LogP contribution in [0.2, 0.25) is 0 Å². The van der Waals surface area contributed by atoms with Crippen molar-refractivity contribution in [3.05, 3.63) is 12.4 Å². The van der Waals surface area contributed by atoms with Gasteiger partial charge in [0.15, 0.2) is 0 Å². The predicted molar refractivity (Wildman–Crippen MR) is 50.2 cm³/mol. The summed E-state index contributed by atoms with van der Waals surface area (Å²) in [7, 11) is 0. The fraction of sp³-hybridized carbons (Fsp3) is 0.778. The zero-order valence-corrected chi connectivity index (χ0v) is 7.82. The van der Waals surface area contributed by atoms with Gasteiger partial charge in [-0.15, -0.1) is 5.10 Å². The van der Waals surface area contributed by atoms with Gasteiger partial charge in [-0.2, -0.15) is 0 Å². The Morgan fingerprint density at radius 3 is 3.00 bits per heavy atom. The Kier molecular flexibility index (Phi) is 2.92. The fourth-order valence-electron chi connectivity index (χ4n) is 1.55. The van der Waals surface area contributed by atoms with E-state index in [-0.39, 0.29) is 0 Å². The van der Waals surface area contributed by atoms with Crippen molar-refractivity contribution < 1.29 is 0 Å². The topological polar surface area (TPSA) is 42.7 Å². The molecule has 0 radical (unpaired) electrons. The monoisotopic (exact) mass is 180 g/mol. The number of aromatic nitrogens is 3. The lowest BCUT2D eigenvalue weighted by atomic mass is 9.85. The van der Waals surface area contributed by atoms with Gasteiger partial charge < -0.3 is 5.32 Å². The van der Waals surface area contributed by atoms with E-state index in [0.717, 1.165) is 19.0 Å². The molecule has 0 bridgehead atoms. The molecule has 0 saturated heterocycles. The first-order valence-corrected chi connectivity index (χ1v) is 5.00. The molecule has 0 amide bonds. The first kappa shape index (κ1) is 8.69. The molecule has 0 atom stereocenters. The second-order valence-corrected chi connectivity index (χ2v) is 3.67. The van der Waals surface area contributed by atoms with Gasteiger partial charge >= 0.3 is 0 Å². The van der Waals surface area contributed by atoms with Crippen LogP contribution >= 0.6 is 0 Å². The minimum absolute atomic E-state index is 0.923. The number of nitrogens with one attached hydrogen (secondary N) is 1. The summed E-state index contributed by atoms with van der Waals surface area (Å²) in [6, 6.07) is 0. The van der Waals surface area contributed by atoms with Crippen LogP contribution in [-0.2, 0) is 6.54 Å². The van der Waals surface area contributed by atoms with Gasteiger partial charge in [-0.3, -0.25) is 4.68 Å². The molecule has 1 aromatic heterocycles. The van der Waals surface area contributed by atoms with Gasteiger partial charge in [0.1, 0.15) is 0 Å². The van der Waals surface area contributed by atoms with E-state index in [0.29, 0.717) is 0 Å². The normalized spacial score (nSPS) is 17.2. The fourth-order valence-corrected chi connectivity index (χ4v) is 1.55. The smallest absolute Gasteiger partial charge is 0.0692 e. The third-order valence-electron chi connectivity index (χ3n) is 2.65. The van der Waals surface area contributed by atoms with Crippen LogP contribution in [0.15, 0.2) is 12.4 Å². The maximum atomic E-state index is 3.89. The van der Waals surface area contributed by atoms with Gasteiger partial charge in [0.25, 0.3) is 0 Å². The van der Waals surface area contributed by atoms with Crippen molar-refractivity contribution in [3.8, 4) is 0 Å². The highest BCUT2D eigenvalue weighted by molar-refractivity contribution is 4.71. The summed E-state index contributed by atoms with van der Waals surface area (Å²) in [5.74, 6) is 0.941. The van der Waals surface area contributed by atoms with E-state index in [1.165, 1.54) is 25.8 Å². The quantitative estimate of drug-likeness (QED) is 0.677. The lowest BCUT2D eigenvalue weighted by Gasteiger charge is -2.25. The molecule has 0 unspecified atom stereocenters. The molecule has 1 fully saturated rings. The third kappa shape index (κ3) is 2.52. The first-order valence-electron chi connectivity index (χ1n) is 5.00. The van der Waals surface area contributed by atoms with Crippen LogP contribution in [0.3, 0.4) is 0 Å². The molecular weight excluding hydrogens is 164 g/mol. The van der Waals surface area contributed by atoms with Crippen molar-refractivity contribution in [2.45, 2.75) is 25.8 Å². The van der Waals surface area contributed by atoms with Gasteiger partial charge in [-0.25, -0.2) is 0 Å². The Morgan fingerprint density at radius 2 is 2.38 bits per heavy atom. The molecular formula is C9H16N4. The van der Waals surface area contributed by atoms with Crippen LogP contribution in [0.25, 0.3) is 0 Å². The van der Waals surface area contributed by atoms with Crippen LogP contribution in [0.5, 0.6) is 0 Å². The molecule has 13 heavy (non-hydrogen) atoms. The average molecular weight is 180 g/mol. The predicted octanol–water partition coefficient (Wildman–Crippen LogP) is 0.668. The van der Waals surface area contributed by atoms with Gasteiger partial charge in [-0.05, 0) is 25.3 Å². The summed E-state index contributed by atoms with van der Waals surface area (Å²) in [5, 5.41) is 11.1. The van der Waals surface area contributed by atoms with E-state index < -0.39 is 0 Å². The molecule has 4 nitrogen and oxygen atoms in total. The highest BCUT2D eigenvalue weighted by atomic mass is 15.4. The summed E-state index contributed by atoms with van der Waals surface area (Å²) in [6.45, 7) is 3.10. The van der Waals surface area contributed by atoms with Crippen LogP contribution in [0.4, 0.5) is 0 Å². The second kappa shape index (κ2) is 4.37. The van der Waals surface area contributed by atoms with Crippen LogP contribution in [0, 0.1) is 5.92 Å². The number of rotatable bonds is 5. The zero-order valence-electron chi connectivity index (χ0n) is 7.82. The molecule has 1 N–H and O–H groups in total. The molecule has 0 aliphatic heterocycles. The van der Waals surface area contributed by atoms with E-state index in [9.17, 15) is 0 Å². The minimum atomic E-state index is 0.923. The maximum Gasteiger partial charge on any atom is 0.0692 e. The Hall–Kier alpha value is -0.900. The molecule has 0 spiro atoms. The zero-order chi connectivity index (χ0) is 8.93. The van der Waals surface area contributed by atoms with E-state index in [4.69, 9.17) is 0 Å². The molecule has 2 rings (SSSR count). The van der Waals surface area contributed by atoms with E-state index in [2.05, 4.69) is 15.6 Å². The summed E-state index contributed by atoms with van der Waals surface area (Å²) < 4.78 is 1.85. The number of hydrogen-bond donors (Lipinski definition) is 1. The molecule has 4 heteroatoms. The molecule has 72 valence electrons. The summed E-state index contributed by atoms with van der Waals surface area (Å²) in [5.41, 5.74) is 0. The first-order chi connectivity index (χ1) is 6.45. The van der Waals surface area contributed by atoms with Crippen molar-refractivity contribution in [1.82, 2.24) is 20.3 Å². The lowest BCUT2D eigenvalue weighted by Crippen LogP contribution is -2.29. The largest absolute Gasteiger partial charge is 0.315 e. The summed E-state index contributed by atoms with van der Waals surface area (Å²) in [6.07, 6.45) is 7.86. The van der Waals surface area contributed by atoms with Gasteiger partial charge in [0.05, 0.1) is 12.7 Å². The molecule has 1 aliphatic rings. The van der Waals surface area contributed by atoms with Gasteiger partial charge in [0, 0.05) is 12.7 Å². The Balaban J connectivity index is 1.53. The standard InChI is InChI=1S/C9H16N4/c1-2-9(3-1)8-10-4-6-13-7-5-11-12-13/h5,7,9-10H,1-4,6,8H2. The molecule has 0 aromatic carbocycles. The summed E-state index contributed by atoms with van der Waals surface area (Å²) in [4.78, 5) is 0. The van der Waals surface area contributed by atoms with Gasteiger partial charge in [-0.1, -0.05) is 11.6 Å². The van der Waals surface area contributed by atoms with Crippen molar-refractivity contribution in [3.63, 3.8) is 0 Å². The van der Waals surface area contributed by atoms with Crippen LogP contribution in [0.1, 0.15) is 19.3 Å².